The molecule has 1 saturated carbocycles. The van der Waals surface area contributed by atoms with Gasteiger partial charge in [0.05, 0.1) is 26.8 Å². The predicted octanol–water partition coefficient (Wildman–Crippen LogP) is 7.50. The van der Waals surface area contributed by atoms with Crippen LogP contribution in [0, 0.1) is 29.1 Å². The highest BCUT2D eigenvalue weighted by molar-refractivity contribution is 6.42. The molecule has 0 amide bonds. The fourth-order valence-electron chi connectivity index (χ4n) is 4.25. The molecule has 0 unspecified atom stereocenters. The second-order valence-corrected chi connectivity index (χ2v) is 9.52. The van der Waals surface area contributed by atoms with E-state index in [1.165, 1.54) is 18.3 Å². The molecule has 0 radical (unpaired) electrons. The molecule has 1 aromatic heterocycles. The zero-order valence-corrected chi connectivity index (χ0v) is 20.4. The van der Waals surface area contributed by atoms with Crippen LogP contribution in [0.4, 0.5) is 22.0 Å². The van der Waals surface area contributed by atoms with Gasteiger partial charge in [0.15, 0.2) is 0 Å². The number of hydrogen-bond acceptors (Lipinski definition) is 3. The van der Waals surface area contributed by atoms with E-state index in [4.69, 9.17) is 39.5 Å². The second-order valence-electron chi connectivity index (χ2n) is 8.26. The van der Waals surface area contributed by atoms with Gasteiger partial charge in [0.25, 0.3) is 0 Å². The summed E-state index contributed by atoms with van der Waals surface area (Å²) in [5.41, 5.74) is -0.311. The van der Waals surface area contributed by atoms with Gasteiger partial charge in [-0.1, -0.05) is 34.8 Å². The van der Waals surface area contributed by atoms with E-state index in [0.717, 1.165) is 6.42 Å². The molecule has 1 fully saturated rings. The Bertz CT molecular complexity index is 1300. The zero-order valence-electron chi connectivity index (χ0n) is 18.1. The third kappa shape index (κ3) is 4.08. The Morgan fingerprint density at radius 2 is 1.46 bits per heavy atom. The van der Waals surface area contributed by atoms with Crippen LogP contribution in [0.2, 0.25) is 15.1 Å². The van der Waals surface area contributed by atoms with Gasteiger partial charge in [-0.15, -0.1) is 0 Å². The minimum Gasteiger partial charge on any atom is -0.416 e. The van der Waals surface area contributed by atoms with Crippen molar-refractivity contribution in [1.82, 2.24) is 9.88 Å². The van der Waals surface area contributed by atoms with E-state index < -0.39 is 46.3 Å². The van der Waals surface area contributed by atoms with Gasteiger partial charge in [0.1, 0.15) is 0 Å². The summed E-state index contributed by atoms with van der Waals surface area (Å²) in [5, 5.41) is 0.338. The molecule has 3 aromatic rings. The molecular formula is C23H16Cl3F5N2O2. The fourth-order valence-corrected chi connectivity index (χ4v) is 5.27. The summed E-state index contributed by atoms with van der Waals surface area (Å²) < 4.78 is 74.2. The van der Waals surface area contributed by atoms with Crippen LogP contribution in [0.15, 0.2) is 18.3 Å². The van der Waals surface area contributed by atoms with Crippen molar-refractivity contribution in [3.63, 3.8) is 0 Å². The van der Waals surface area contributed by atoms with Crippen LogP contribution in [0.25, 0.3) is 11.1 Å². The first-order valence-corrected chi connectivity index (χ1v) is 11.3. The third-order valence-electron chi connectivity index (χ3n) is 6.23. The van der Waals surface area contributed by atoms with Crippen molar-refractivity contribution in [1.29, 1.82) is 0 Å². The molecule has 1 N–H and O–H groups in total. The van der Waals surface area contributed by atoms with Gasteiger partial charge in [0.2, 0.25) is 34.8 Å². The van der Waals surface area contributed by atoms with Crippen LogP contribution in [-0.4, -0.2) is 29.9 Å². The average Bonchev–Trinajstić information content (AvgIpc) is 3.16. The SMILES string of the molecule is CN(C)C1(c2[nH]cc(-c3c(Cl)cc(Cl)cc3Cl)c2C(=O)Oc2c(F)c(F)c(F)c(F)c2F)CCC1. The zero-order chi connectivity index (χ0) is 25.8. The Morgan fingerprint density at radius 1 is 0.943 bits per heavy atom. The molecule has 1 aliphatic rings. The van der Waals surface area contributed by atoms with Crippen molar-refractivity contribution < 1.29 is 31.5 Å². The predicted molar refractivity (Wildman–Crippen MR) is 122 cm³/mol. The number of carbonyl (C=O) groups excluding carboxylic acids is 1. The minimum absolute atomic E-state index is 0.0610. The number of nitrogens with one attached hydrogen (secondary N) is 1. The molecule has 0 spiro atoms. The lowest BCUT2D eigenvalue weighted by atomic mass is 9.72. The van der Waals surface area contributed by atoms with Crippen LogP contribution in [0.5, 0.6) is 5.75 Å². The van der Waals surface area contributed by atoms with Gasteiger partial charge in [-0.2, -0.15) is 8.78 Å². The quantitative estimate of drug-likeness (QED) is 0.117. The fraction of sp³-hybridized carbons (Fsp3) is 0.261. The lowest BCUT2D eigenvalue weighted by Gasteiger charge is -2.47. The first kappa shape index (κ1) is 25.8. The minimum atomic E-state index is -2.37. The van der Waals surface area contributed by atoms with Crippen LogP contribution < -0.4 is 4.74 Å². The highest BCUT2D eigenvalue weighted by Crippen LogP contribution is 2.49. The summed E-state index contributed by atoms with van der Waals surface area (Å²) in [6, 6.07) is 2.75. The van der Waals surface area contributed by atoms with Crippen LogP contribution >= 0.6 is 34.8 Å². The Morgan fingerprint density at radius 3 is 1.91 bits per heavy atom. The van der Waals surface area contributed by atoms with E-state index in [1.54, 1.807) is 14.1 Å². The highest BCUT2D eigenvalue weighted by Gasteiger charge is 2.46. The standard InChI is InChI=1S/C23H16Cl3F5N2O2/c1-33(2)23(4-3-5-23)21-14(10(8-32-21)13-11(25)6-9(24)7-12(13)26)22(34)35-20-18(30)16(28)15(27)17(29)19(20)31/h6-8,32H,3-5H2,1-2H3. The first-order chi connectivity index (χ1) is 16.4. The van der Waals surface area contributed by atoms with Gasteiger partial charge >= 0.3 is 5.97 Å². The largest absolute Gasteiger partial charge is 0.416 e. The summed E-state index contributed by atoms with van der Waals surface area (Å²) in [6.07, 6.45) is 3.46. The first-order valence-electron chi connectivity index (χ1n) is 10.2. The van der Waals surface area contributed by atoms with Gasteiger partial charge in [-0.25, -0.2) is 18.0 Å². The lowest BCUT2D eigenvalue weighted by molar-refractivity contribution is 0.0498. The van der Waals surface area contributed by atoms with E-state index in [1.807, 2.05) is 4.90 Å². The molecule has 35 heavy (non-hydrogen) atoms. The molecule has 12 heteroatoms. The van der Waals surface area contributed by atoms with Gasteiger partial charge in [0, 0.05) is 22.3 Å². The van der Waals surface area contributed by atoms with Crippen molar-refractivity contribution in [3.05, 3.63) is 73.7 Å². The van der Waals surface area contributed by atoms with Gasteiger partial charge in [-0.05, 0) is 45.5 Å². The summed E-state index contributed by atoms with van der Waals surface area (Å²) >= 11 is 18.7. The number of benzene rings is 2. The van der Waals surface area contributed by atoms with Crippen LogP contribution in [0.1, 0.15) is 35.3 Å². The number of ether oxygens (including phenoxy) is 1. The van der Waals surface area contributed by atoms with Crippen molar-refractivity contribution >= 4 is 40.8 Å². The molecule has 2 aromatic carbocycles. The molecule has 1 aliphatic carbocycles. The topological polar surface area (TPSA) is 45.3 Å². The molecule has 4 rings (SSSR count). The number of rotatable bonds is 5. The number of carbonyl (C=O) groups is 1. The van der Waals surface area contributed by atoms with Crippen molar-refractivity contribution in [2.24, 2.45) is 0 Å². The van der Waals surface area contributed by atoms with Crippen molar-refractivity contribution in [2.45, 2.75) is 24.8 Å². The maximum Gasteiger partial charge on any atom is 0.346 e. The Labute approximate surface area is 211 Å². The number of halogens is 8. The molecule has 4 nitrogen and oxygen atoms in total. The van der Waals surface area contributed by atoms with E-state index in [0.29, 0.717) is 18.5 Å². The van der Waals surface area contributed by atoms with Crippen LogP contribution in [0.3, 0.4) is 0 Å². The second kappa shape index (κ2) is 9.28. The number of aromatic amines is 1. The molecule has 0 atom stereocenters. The molecule has 0 saturated heterocycles. The molecule has 0 bridgehead atoms. The van der Waals surface area contributed by atoms with Crippen molar-refractivity contribution in [2.75, 3.05) is 14.1 Å². The number of aromatic nitrogens is 1. The maximum absolute atomic E-state index is 14.3. The highest BCUT2D eigenvalue weighted by atomic mass is 35.5. The Hall–Kier alpha value is -2.33. The molecular weight excluding hydrogens is 538 g/mol. The Kier molecular flexibility index (Phi) is 6.83. The number of H-pyrrole nitrogens is 1. The van der Waals surface area contributed by atoms with Crippen LogP contribution in [-0.2, 0) is 5.54 Å². The average molecular weight is 554 g/mol. The molecule has 0 aliphatic heterocycles. The number of hydrogen-bond donors (Lipinski definition) is 1. The molecule has 186 valence electrons. The summed E-state index contributed by atoms with van der Waals surface area (Å²) in [7, 11) is 3.56. The monoisotopic (exact) mass is 552 g/mol. The summed E-state index contributed by atoms with van der Waals surface area (Å²) in [5.74, 6) is -14.5. The molecule has 1 heterocycles. The summed E-state index contributed by atoms with van der Waals surface area (Å²) in [6.45, 7) is 0. The smallest absolute Gasteiger partial charge is 0.346 e. The lowest BCUT2D eigenvalue weighted by Crippen LogP contribution is -2.48. The number of esters is 1. The normalized spacial score (nSPS) is 14.8. The van der Waals surface area contributed by atoms with E-state index >= 15 is 0 Å². The maximum atomic E-state index is 14.3. The van der Waals surface area contributed by atoms with Gasteiger partial charge < -0.3 is 9.72 Å². The van der Waals surface area contributed by atoms with E-state index in [2.05, 4.69) is 4.98 Å². The number of nitrogens with zero attached hydrogens (tertiary/aromatic N) is 1. The van der Waals surface area contributed by atoms with Crippen molar-refractivity contribution in [3.8, 4) is 16.9 Å². The summed E-state index contributed by atoms with van der Waals surface area (Å²) in [4.78, 5) is 18.2. The van der Waals surface area contributed by atoms with E-state index in [-0.39, 0.29) is 31.8 Å². The van der Waals surface area contributed by atoms with E-state index in [9.17, 15) is 26.7 Å². The van der Waals surface area contributed by atoms with Gasteiger partial charge in [-0.3, -0.25) is 4.90 Å². The Balaban J connectivity index is 1.93. The third-order valence-corrected chi connectivity index (χ3v) is 7.04.